The second-order valence-electron chi connectivity index (χ2n) is 5.40. The lowest BCUT2D eigenvalue weighted by molar-refractivity contribution is 0.0600. The van der Waals surface area contributed by atoms with Gasteiger partial charge < -0.3 is 20.3 Å². The molecular formula is C15H19N3O3. The van der Waals surface area contributed by atoms with Crippen LogP contribution in [0.15, 0.2) is 18.2 Å². The minimum absolute atomic E-state index is 0.0867. The minimum Gasteiger partial charge on any atom is -0.465 e. The lowest BCUT2D eigenvalue weighted by atomic mass is 10.0. The highest BCUT2D eigenvalue weighted by molar-refractivity contribution is 5.96. The molecule has 0 aromatic heterocycles. The van der Waals surface area contributed by atoms with Crippen LogP contribution in [0.4, 0.5) is 10.5 Å². The lowest BCUT2D eigenvalue weighted by Gasteiger charge is -2.38. The molecule has 6 heteroatoms. The number of rotatable bonds is 2. The molecule has 1 aromatic rings. The van der Waals surface area contributed by atoms with Gasteiger partial charge in [-0.3, -0.25) is 0 Å². The number of methoxy groups -OCH3 is 1. The predicted octanol–water partition coefficient (Wildman–Crippen LogP) is 1.57. The van der Waals surface area contributed by atoms with E-state index in [4.69, 9.17) is 4.74 Å². The summed E-state index contributed by atoms with van der Waals surface area (Å²) in [4.78, 5) is 25.7. The molecule has 0 atom stereocenters. The average Bonchev–Trinajstić information content (AvgIpc) is 2.53. The number of carbonyl (C=O) groups excluding carboxylic acids is 2. The summed E-state index contributed by atoms with van der Waals surface area (Å²) >= 11 is 0. The average molecular weight is 289 g/mol. The van der Waals surface area contributed by atoms with E-state index in [2.05, 4.69) is 10.6 Å². The summed E-state index contributed by atoms with van der Waals surface area (Å²) in [6, 6.07) is 5.49. The summed E-state index contributed by atoms with van der Waals surface area (Å²) in [5.74, 6) is -0.396. The monoisotopic (exact) mass is 289 g/mol. The van der Waals surface area contributed by atoms with Crippen molar-refractivity contribution in [2.45, 2.75) is 25.4 Å². The van der Waals surface area contributed by atoms with Crippen molar-refractivity contribution in [3.05, 3.63) is 29.3 Å². The number of amides is 2. The van der Waals surface area contributed by atoms with Crippen LogP contribution in [0.25, 0.3) is 0 Å². The van der Waals surface area contributed by atoms with Crippen molar-refractivity contribution >= 4 is 17.7 Å². The molecular weight excluding hydrogens is 270 g/mol. The van der Waals surface area contributed by atoms with Gasteiger partial charge in [-0.1, -0.05) is 6.07 Å². The Hall–Kier alpha value is -2.08. The van der Waals surface area contributed by atoms with Gasteiger partial charge >= 0.3 is 12.0 Å². The summed E-state index contributed by atoms with van der Waals surface area (Å²) in [5.41, 5.74) is 2.18. The van der Waals surface area contributed by atoms with E-state index in [1.807, 2.05) is 11.0 Å². The molecule has 3 rings (SSSR count). The zero-order valence-electron chi connectivity index (χ0n) is 12.0. The largest absolute Gasteiger partial charge is 0.465 e. The Morgan fingerprint density at radius 1 is 1.33 bits per heavy atom. The van der Waals surface area contributed by atoms with E-state index in [0.29, 0.717) is 17.8 Å². The molecule has 2 aliphatic heterocycles. The third-order valence-electron chi connectivity index (χ3n) is 4.12. The molecule has 2 amide bonds. The van der Waals surface area contributed by atoms with Crippen LogP contribution in [0.2, 0.25) is 0 Å². The third-order valence-corrected chi connectivity index (χ3v) is 4.12. The van der Waals surface area contributed by atoms with Gasteiger partial charge in [0.15, 0.2) is 0 Å². The van der Waals surface area contributed by atoms with E-state index in [1.165, 1.54) is 7.11 Å². The van der Waals surface area contributed by atoms with Crippen molar-refractivity contribution in [2.75, 3.05) is 25.5 Å². The summed E-state index contributed by atoms with van der Waals surface area (Å²) in [6.45, 7) is 2.48. The molecule has 2 heterocycles. The van der Waals surface area contributed by atoms with Gasteiger partial charge in [-0.15, -0.1) is 0 Å². The van der Waals surface area contributed by atoms with Gasteiger partial charge in [0.1, 0.15) is 0 Å². The quantitative estimate of drug-likeness (QED) is 0.811. The van der Waals surface area contributed by atoms with E-state index < -0.39 is 5.97 Å². The second kappa shape index (κ2) is 5.73. The van der Waals surface area contributed by atoms with Gasteiger partial charge in [0.2, 0.25) is 0 Å². The van der Waals surface area contributed by atoms with Gasteiger partial charge in [-0.25, -0.2) is 9.59 Å². The number of nitrogens with zero attached hydrogens (tertiary/aromatic N) is 1. The first-order chi connectivity index (χ1) is 10.2. The molecule has 0 spiro atoms. The van der Waals surface area contributed by atoms with E-state index in [9.17, 15) is 9.59 Å². The zero-order valence-corrected chi connectivity index (χ0v) is 12.0. The van der Waals surface area contributed by atoms with Crippen LogP contribution in [-0.2, 0) is 11.3 Å². The van der Waals surface area contributed by atoms with Crippen LogP contribution in [0.3, 0.4) is 0 Å². The first-order valence-corrected chi connectivity index (χ1v) is 7.18. The summed E-state index contributed by atoms with van der Waals surface area (Å²) < 4.78 is 4.70. The van der Waals surface area contributed by atoms with Crippen molar-refractivity contribution in [2.24, 2.45) is 0 Å². The van der Waals surface area contributed by atoms with E-state index in [1.54, 1.807) is 12.1 Å². The molecule has 6 nitrogen and oxygen atoms in total. The predicted molar refractivity (Wildman–Crippen MR) is 78.2 cm³/mol. The third kappa shape index (κ3) is 2.71. The van der Waals surface area contributed by atoms with Crippen LogP contribution in [-0.4, -0.2) is 43.1 Å². The van der Waals surface area contributed by atoms with Gasteiger partial charge in [-0.2, -0.15) is 0 Å². The van der Waals surface area contributed by atoms with Crippen molar-refractivity contribution in [1.29, 1.82) is 0 Å². The Balaban J connectivity index is 1.81. The number of hydrogen-bond acceptors (Lipinski definition) is 4. The van der Waals surface area contributed by atoms with Crippen molar-refractivity contribution in [3.63, 3.8) is 0 Å². The van der Waals surface area contributed by atoms with Crippen LogP contribution in [0.5, 0.6) is 0 Å². The Labute approximate surface area is 123 Å². The van der Waals surface area contributed by atoms with Crippen LogP contribution in [0, 0.1) is 0 Å². The first kappa shape index (κ1) is 13.9. The van der Waals surface area contributed by atoms with Crippen molar-refractivity contribution < 1.29 is 14.3 Å². The SMILES string of the molecule is COC(=O)c1ccc2c(c1)NC(=O)N(C1CCNCC1)C2. The van der Waals surface area contributed by atoms with Gasteiger partial charge in [-0.05, 0) is 43.6 Å². The highest BCUT2D eigenvalue weighted by Crippen LogP contribution is 2.27. The molecule has 0 radical (unpaired) electrons. The van der Waals surface area contributed by atoms with Crippen LogP contribution >= 0.6 is 0 Å². The highest BCUT2D eigenvalue weighted by Gasteiger charge is 2.30. The van der Waals surface area contributed by atoms with Gasteiger partial charge in [0, 0.05) is 18.3 Å². The molecule has 0 aliphatic carbocycles. The lowest BCUT2D eigenvalue weighted by Crippen LogP contribution is -2.49. The maximum atomic E-state index is 12.3. The molecule has 21 heavy (non-hydrogen) atoms. The zero-order chi connectivity index (χ0) is 14.8. The fraction of sp³-hybridized carbons (Fsp3) is 0.467. The van der Waals surface area contributed by atoms with Crippen LogP contribution < -0.4 is 10.6 Å². The summed E-state index contributed by atoms with van der Waals surface area (Å²) in [5, 5.41) is 6.19. The Morgan fingerprint density at radius 3 is 2.81 bits per heavy atom. The van der Waals surface area contributed by atoms with E-state index in [-0.39, 0.29) is 12.1 Å². The molecule has 1 aromatic carbocycles. The Bertz CT molecular complexity index is 567. The Kier molecular flexibility index (Phi) is 3.79. The normalized spacial score (nSPS) is 18.9. The van der Waals surface area contributed by atoms with Gasteiger partial charge in [0.05, 0.1) is 12.7 Å². The summed E-state index contributed by atoms with van der Waals surface area (Å²) in [6.07, 6.45) is 1.95. The standard InChI is InChI=1S/C15H19N3O3/c1-21-14(19)10-2-3-11-9-18(12-4-6-16-7-5-12)15(20)17-13(11)8-10/h2-3,8,12,16H,4-7,9H2,1H3,(H,17,20). The van der Waals surface area contributed by atoms with Gasteiger partial charge in [0.25, 0.3) is 0 Å². The molecule has 0 bridgehead atoms. The number of piperidine rings is 1. The number of hydrogen-bond donors (Lipinski definition) is 2. The fourth-order valence-electron chi connectivity index (χ4n) is 2.93. The molecule has 2 aliphatic rings. The number of urea groups is 1. The summed E-state index contributed by atoms with van der Waals surface area (Å²) in [7, 11) is 1.35. The van der Waals surface area contributed by atoms with Crippen molar-refractivity contribution in [1.82, 2.24) is 10.2 Å². The molecule has 0 unspecified atom stereocenters. The molecule has 1 saturated heterocycles. The Morgan fingerprint density at radius 2 is 2.10 bits per heavy atom. The van der Waals surface area contributed by atoms with Crippen molar-refractivity contribution in [3.8, 4) is 0 Å². The molecule has 112 valence electrons. The first-order valence-electron chi connectivity index (χ1n) is 7.18. The number of anilines is 1. The molecule has 0 saturated carbocycles. The fourth-order valence-corrected chi connectivity index (χ4v) is 2.93. The maximum Gasteiger partial charge on any atom is 0.337 e. The molecule has 1 fully saturated rings. The highest BCUT2D eigenvalue weighted by atomic mass is 16.5. The van der Waals surface area contributed by atoms with E-state index >= 15 is 0 Å². The smallest absolute Gasteiger partial charge is 0.337 e. The minimum atomic E-state index is -0.396. The topological polar surface area (TPSA) is 70.7 Å². The number of ether oxygens (including phenoxy) is 1. The second-order valence-corrected chi connectivity index (χ2v) is 5.40. The number of nitrogens with one attached hydrogen (secondary N) is 2. The van der Waals surface area contributed by atoms with E-state index in [0.717, 1.165) is 31.5 Å². The number of carbonyl (C=O) groups is 2. The number of benzene rings is 1. The number of esters is 1. The number of fused-ring (bicyclic) bond motifs is 1. The maximum absolute atomic E-state index is 12.3. The molecule has 2 N–H and O–H groups in total. The van der Waals surface area contributed by atoms with Crippen LogP contribution in [0.1, 0.15) is 28.8 Å².